The van der Waals surface area contributed by atoms with Crippen LogP contribution in [-0.4, -0.2) is 14.2 Å². The molecule has 2 aromatic rings. The van der Waals surface area contributed by atoms with Gasteiger partial charge in [0, 0.05) is 9.81 Å². The number of thiol groups is 2. The van der Waals surface area contributed by atoms with Gasteiger partial charge in [-0.15, -0.1) is 25.3 Å². The molecule has 0 bridgehead atoms. The van der Waals surface area contributed by atoms with E-state index in [1.54, 1.807) is 14.2 Å². The van der Waals surface area contributed by atoms with Gasteiger partial charge in [-0.2, -0.15) is 0 Å². The van der Waals surface area contributed by atoms with Gasteiger partial charge in [0.1, 0.15) is 11.5 Å². The van der Waals surface area contributed by atoms with Crippen LogP contribution in [0.25, 0.3) is 9.81 Å². The zero-order valence-electron chi connectivity index (χ0n) is 11.3. The summed E-state index contributed by atoms with van der Waals surface area (Å²) in [7, 11) is 3.29. The van der Waals surface area contributed by atoms with Crippen molar-refractivity contribution in [1.82, 2.24) is 0 Å². The van der Waals surface area contributed by atoms with Crippen molar-refractivity contribution in [3.05, 3.63) is 59.7 Å². The molecule has 0 saturated heterocycles. The van der Waals surface area contributed by atoms with Crippen LogP contribution < -0.4 is 9.47 Å². The summed E-state index contributed by atoms with van der Waals surface area (Å²) >= 11 is 9.14. The van der Waals surface area contributed by atoms with Crippen molar-refractivity contribution in [3.8, 4) is 11.5 Å². The first kappa shape index (κ1) is 14.9. The molecule has 0 aliphatic carbocycles. The Morgan fingerprint density at radius 2 is 0.950 bits per heavy atom. The number of hydrogen-bond acceptors (Lipinski definition) is 4. The van der Waals surface area contributed by atoms with E-state index in [4.69, 9.17) is 9.47 Å². The molecule has 0 heterocycles. The zero-order chi connectivity index (χ0) is 14.5. The van der Waals surface area contributed by atoms with Crippen LogP contribution in [0.2, 0.25) is 0 Å². The monoisotopic (exact) mass is 304 g/mol. The molecule has 0 aliphatic heterocycles. The number of benzene rings is 2. The number of ether oxygens (including phenoxy) is 2. The summed E-state index contributed by atoms with van der Waals surface area (Å²) < 4.78 is 10.3. The smallest absolute Gasteiger partial charge is 0.118 e. The van der Waals surface area contributed by atoms with Crippen LogP contribution >= 0.6 is 25.3 Å². The predicted molar refractivity (Wildman–Crippen MR) is 90.8 cm³/mol. The lowest BCUT2D eigenvalue weighted by molar-refractivity contribution is 0.414. The molecule has 2 nitrogen and oxygen atoms in total. The molecular formula is C16H16O2S2. The molecule has 0 atom stereocenters. The summed E-state index contributed by atoms with van der Waals surface area (Å²) in [4.78, 5) is 1.64. The molecule has 0 aromatic heterocycles. The highest BCUT2D eigenvalue weighted by Gasteiger charge is 2.06. The molecule has 20 heavy (non-hydrogen) atoms. The van der Waals surface area contributed by atoms with E-state index >= 15 is 0 Å². The maximum atomic E-state index is 5.15. The summed E-state index contributed by atoms with van der Waals surface area (Å²) in [5, 5.41) is 0. The van der Waals surface area contributed by atoms with E-state index in [9.17, 15) is 0 Å². The van der Waals surface area contributed by atoms with Gasteiger partial charge in [0.25, 0.3) is 0 Å². The predicted octanol–water partition coefficient (Wildman–Crippen LogP) is 4.39. The Hall–Kier alpha value is -1.52. The summed E-state index contributed by atoms with van der Waals surface area (Å²) in [6, 6.07) is 15.5. The minimum Gasteiger partial charge on any atom is -0.497 e. The molecule has 0 amide bonds. The molecule has 2 rings (SSSR count). The van der Waals surface area contributed by atoms with Gasteiger partial charge < -0.3 is 9.47 Å². The van der Waals surface area contributed by atoms with E-state index in [1.165, 1.54) is 0 Å². The standard InChI is InChI=1S/C16H16O2S2/c1-17-13-7-3-11(4-8-13)15(19)16(20)12-5-9-14(18-2)10-6-12/h3-10,19-20H,1-2H3/b16-15+. The van der Waals surface area contributed by atoms with Crippen molar-refractivity contribution in [2.24, 2.45) is 0 Å². The van der Waals surface area contributed by atoms with E-state index in [2.05, 4.69) is 25.3 Å². The molecule has 0 spiro atoms. The first-order chi connectivity index (χ1) is 9.65. The molecule has 0 fully saturated rings. The Bertz CT molecular complexity index is 546. The van der Waals surface area contributed by atoms with Gasteiger partial charge in [0.2, 0.25) is 0 Å². The Morgan fingerprint density at radius 3 is 1.20 bits per heavy atom. The van der Waals surface area contributed by atoms with Gasteiger partial charge in [-0.25, -0.2) is 0 Å². The SMILES string of the molecule is COc1ccc(/C(S)=C(\S)c2ccc(OC)cc2)cc1. The highest BCUT2D eigenvalue weighted by atomic mass is 32.1. The second-order valence-corrected chi connectivity index (χ2v) is 5.05. The molecule has 4 heteroatoms. The van der Waals surface area contributed by atoms with E-state index in [-0.39, 0.29) is 0 Å². The minimum absolute atomic E-state index is 0.819. The van der Waals surface area contributed by atoms with Crippen molar-refractivity contribution in [2.45, 2.75) is 0 Å². The van der Waals surface area contributed by atoms with Crippen LogP contribution in [0.15, 0.2) is 48.5 Å². The highest BCUT2D eigenvalue weighted by molar-refractivity contribution is 7.96. The van der Waals surface area contributed by atoms with E-state index in [0.717, 1.165) is 32.4 Å². The van der Waals surface area contributed by atoms with Crippen LogP contribution in [0.3, 0.4) is 0 Å². The van der Waals surface area contributed by atoms with Crippen LogP contribution in [0, 0.1) is 0 Å². The van der Waals surface area contributed by atoms with Crippen molar-refractivity contribution in [2.75, 3.05) is 14.2 Å². The van der Waals surface area contributed by atoms with Crippen LogP contribution in [0.1, 0.15) is 11.1 Å². The molecule has 0 N–H and O–H groups in total. The maximum Gasteiger partial charge on any atom is 0.118 e. The normalized spacial score (nSPS) is 11.8. The first-order valence-corrected chi connectivity index (χ1v) is 6.96. The van der Waals surface area contributed by atoms with E-state index in [0.29, 0.717) is 0 Å². The van der Waals surface area contributed by atoms with Crippen molar-refractivity contribution in [1.29, 1.82) is 0 Å². The minimum atomic E-state index is 0.819. The molecule has 104 valence electrons. The first-order valence-electron chi connectivity index (χ1n) is 6.06. The molecule has 0 radical (unpaired) electrons. The molecule has 0 aliphatic rings. The van der Waals surface area contributed by atoms with Crippen LogP contribution in [-0.2, 0) is 0 Å². The fourth-order valence-corrected chi connectivity index (χ4v) is 2.33. The Labute approximate surface area is 130 Å². The van der Waals surface area contributed by atoms with Gasteiger partial charge in [0.05, 0.1) is 14.2 Å². The molecule has 0 saturated carbocycles. The quantitative estimate of drug-likeness (QED) is 0.645. The van der Waals surface area contributed by atoms with Gasteiger partial charge in [-0.1, -0.05) is 24.3 Å². The summed E-state index contributed by atoms with van der Waals surface area (Å²) in [6.07, 6.45) is 0. The topological polar surface area (TPSA) is 18.5 Å². The third-order valence-electron chi connectivity index (χ3n) is 2.95. The van der Waals surface area contributed by atoms with Crippen LogP contribution in [0.4, 0.5) is 0 Å². The lowest BCUT2D eigenvalue weighted by atomic mass is 10.1. The third-order valence-corrected chi connectivity index (χ3v) is 4.09. The van der Waals surface area contributed by atoms with Gasteiger partial charge in [0.15, 0.2) is 0 Å². The Balaban J connectivity index is 2.32. The molecule has 2 aromatic carbocycles. The van der Waals surface area contributed by atoms with Crippen molar-refractivity contribution < 1.29 is 9.47 Å². The van der Waals surface area contributed by atoms with Crippen LogP contribution in [0.5, 0.6) is 11.5 Å². The zero-order valence-corrected chi connectivity index (χ0v) is 13.1. The summed E-state index contributed by atoms with van der Waals surface area (Å²) in [6.45, 7) is 0. The number of methoxy groups -OCH3 is 2. The van der Waals surface area contributed by atoms with Gasteiger partial charge >= 0.3 is 0 Å². The maximum absolute atomic E-state index is 5.15. The Morgan fingerprint density at radius 1 is 0.650 bits per heavy atom. The van der Waals surface area contributed by atoms with E-state index in [1.807, 2.05) is 48.5 Å². The number of rotatable bonds is 4. The fourth-order valence-electron chi connectivity index (χ4n) is 1.77. The lowest BCUT2D eigenvalue weighted by Crippen LogP contribution is -1.86. The summed E-state index contributed by atoms with van der Waals surface area (Å²) in [5.41, 5.74) is 1.99. The third kappa shape index (κ3) is 3.32. The van der Waals surface area contributed by atoms with Gasteiger partial charge in [-0.3, -0.25) is 0 Å². The highest BCUT2D eigenvalue weighted by Crippen LogP contribution is 2.33. The van der Waals surface area contributed by atoms with Crippen molar-refractivity contribution in [3.63, 3.8) is 0 Å². The molecular weight excluding hydrogens is 288 g/mol. The Kier molecular flexibility index (Phi) is 5.04. The second kappa shape index (κ2) is 6.77. The van der Waals surface area contributed by atoms with Crippen molar-refractivity contribution >= 4 is 35.1 Å². The summed E-state index contributed by atoms with van der Waals surface area (Å²) in [5.74, 6) is 1.64. The number of hydrogen-bond donors (Lipinski definition) is 2. The lowest BCUT2D eigenvalue weighted by Gasteiger charge is -2.08. The molecule has 0 unspecified atom stereocenters. The fraction of sp³-hybridized carbons (Fsp3) is 0.125. The largest absolute Gasteiger partial charge is 0.497 e. The van der Waals surface area contributed by atoms with Gasteiger partial charge in [-0.05, 0) is 35.4 Å². The average Bonchev–Trinajstić information content (AvgIpc) is 2.53. The van der Waals surface area contributed by atoms with E-state index < -0.39 is 0 Å². The second-order valence-electron chi connectivity index (χ2n) is 4.15. The average molecular weight is 304 g/mol.